The molecule has 1 aromatic heterocycles. The van der Waals surface area contributed by atoms with Gasteiger partial charge in [-0.2, -0.15) is 0 Å². The van der Waals surface area contributed by atoms with Crippen LogP contribution in [-0.4, -0.2) is 0 Å². The number of rotatable bonds is 5. The van der Waals surface area contributed by atoms with Gasteiger partial charge in [0.2, 0.25) is 0 Å². The average molecular weight is 596 g/mol. The van der Waals surface area contributed by atoms with Crippen LogP contribution in [-0.2, 0) is 0 Å². The van der Waals surface area contributed by atoms with E-state index < -0.39 is 12.1 Å². The number of furan rings is 1. The second-order valence-electron chi connectivity index (χ2n) is 11.1. The van der Waals surface area contributed by atoms with Crippen LogP contribution >= 0.6 is 0 Å². The molecule has 46 heavy (non-hydrogen) atoms. The summed E-state index contributed by atoms with van der Waals surface area (Å²) in [6.45, 7) is 0. The normalized spacial score (nSPS) is 13.9. The Kier molecular flexibility index (Phi) is 4.53. The van der Waals surface area contributed by atoms with E-state index in [9.17, 15) is 2.74 Å². The number of fused-ring (bicyclic) bond motifs is 6. The van der Waals surface area contributed by atoms with Gasteiger partial charge in [0.1, 0.15) is 11.2 Å². The van der Waals surface area contributed by atoms with Crippen LogP contribution in [0.5, 0.6) is 0 Å². The van der Waals surface area contributed by atoms with Crippen LogP contribution in [0.4, 0.5) is 17.1 Å². The second kappa shape index (κ2) is 10.8. The zero-order valence-electron chi connectivity index (χ0n) is 32.5. The molecule has 0 fully saturated rings. The maximum absolute atomic E-state index is 9.99. The number of para-hydroxylation sites is 1. The number of hydrogen-bond acceptors (Lipinski definition) is 2. The van der Waals surface area contributed by atoms with Crippen LogP contribution < -0.4 is 4.90 Å². The van der Waals surface area contributed by atoms with Crippen LogP contribution in [0.3, 0.4) is 0 Å². The summed E-state index contributed by atoms with van der Waals surface area (Å²) in [5.41, 5.74) is 4.35. The van der Waals surface area contributed by atoms with Gasteiger partial charge in [0.25, 0.3) is 0 Å². The van der Waals surface area contributed by atoms with E-state index in [2.05, 4.69) is 0 Å². The van der Waals surface area contributed by atoms with Crippen LogP contribution in [0, 0.1) is 0 Å². The molecule has 0 saturated heterocycles. The Balaban J connectivity index is 1.47. The summed E-state index contributed by atoms with van der Waals surface area (Å²) in [4.78, 5) is 1.83. The lowest BCUT2D eigenvalue weighted by atomic mass is 9.92. The minimum atomic E-state index is -0.464. The lowest BCUT2D eigenvalue weighted by Gasteiger charge is -2.26. The molecule has 0 aliphatic carbocycles. The summed E-state index contributed by atoms with van der Waals surface area (Å²) in [7, 11) is 0. The fourth-order valence-electron chi connectivity index (χ4n) is 6.34. The highest BCUT2D eigenvalue weighted by Gasteiger charge is 2.22. The van der Waals surface area contributed by atoms with Gasteiger partial charge in [0, 0.05) is 22.1 Å². The van der Waals surface area contributed by atoms with Gasteiger partial charge >= 0.3 is 0 Å². The molecule has 0 radical (unpaired) electrons. The van der Waals surface area contributed by atoms with Crippen molar-refractivity contribution in [1.82, 2.24) is 0 Å². The van der Waals surface area contributed by atoms with Crippen molar-refractivity contribution in [2.45, 2.75) is 0 Å². The second-order valence-corrected chi connectivity index (χ2v) is 11.1. The first-order valence-electron chi connectivity index (χ1n) is 19.0. The third-order valence-electron chi connectivity index (χ3n) is 8.45. The summed E-state index contributed by atoms with van der Waals surface area (Å²) >= 11 is 0. The van der Waals surface area contributed by atoms with Crippen molar-refractivity contribution in [3.63, 3.8) is 0 Å². The first-order chi connectivity index (χ1) is 26.2. The summed E-state index contributed by atoms with van der Waals surface area (Å²) in [5.74, 6) is 0. The predicted octanol–water partition coefficient (Wildman–Crippen LogP) is 12.7. The quantitative estimate of drug-likeness (QED) is 0.197. The summed E-state index contributed by atoms with van der Waals surface area (Å²) in [5, 5.41) is 2.27. The SMILES string of the molecule is [2H]c1c([2H])c(N(c2ccccc2)c2ccc(-c3ccccc3)cc2)c2c(oc3c4c([2H])c([2H])c([2H])c([2H])c4c(-c4cccc5ccccc45)c([2H])c32)c1[2H]. The largest absolute Gasteiger partial charge is 0.455 e. The smallest absolute Gasteiger partial charge is 0.143 e. The number of nitrogens with zero attached hydrogens (tertiary/aromatic N) is 1. The molecule has 216 valence electrons. The molecule has 9 rings (SSSR count). The van der Waals surface area contributed by atoms with Crippen LogP contribution in [0.1, 0.15) is 11.0 Å². The van der Waals surface area contributed by atoms with E-state index in [-0.39, 0.29) is 80.2 Å². The molecule has 0 spiro atoms. The molecule has 0 N–H and O–H groups in total. The highest BCUT2D eigenvalue weighted by molar-refractivity contribution is 6.23. The average Bonchev–Trinajstić information content (AvgIpc) is 3.61. The molecule has 0 amide bonds. The summed E-state index contributed by atoms with van der Waals surface area (Å²) in [6.07, 6.45) is 0. The highest BCUT2D eigenvalue weighted by Crippen LogP contribution is 2.47. The fourth-order valence-corrected chi connectivity index (χ4v) is 6.34. The monoisotopic (exact) mass is 595 g/mol. The third-order valence-corrected chi connectivity index (χ3v) is 8.45. The van der Waals surface area contributed by atoms with Gasteiger partial charge in [-0.05, 0) is 80.8 Å². The van der Waals surface area contributed by atoms with E-state index in [4.69, 9.17) is 12.6 Å². The Morgan fingerprint density at radius 2 is 1.15 bits per heavy atom. The molecule has 0 saturated carbocycles. The van der Waals surface area contributed by atoms with Crippen molar-refractivity contribution in [2.75, 3.05) is 4.90 Å². The molecule has 2 heteroatoms. The Morgan fingerprint density at radius 1 is 0.478 bits per heavy atom. The van der Waals surface area contributed by atoms with E-state index in [1.165, 1.54) is 0 Å². The van der Waals surface area contributed by atoms with E-state index in [0.29, 0.717) is 16.9 Å². The van der Waals surface area contributed by atoms with Crippen LogP contribution in [0.2, 0.25) is 0 Å². The fraction of sp³-hybridized carbons (Fsp3) is 0. The first kappa shape index (κ1) is 19.3. The molecule has 9 aromatic rings. The van der Waals surface area contributed by atoms with Gasteiger partial charge in [-0.15, -0.1) is 0 Å². The molecule has 1 heterocycles. The zero-order chi connectivity index (χ0) is 37.4. The van der Waals surface area contributed by atoms with Crippen molar-refractivity contribution in [3.05, 3.63) is 176 Å². The Bertz CT molecular complexity index is 2960. The van der Waals surface area contributed by atoms with Crippen LogP contribution in [0.15, 0.2) is 180 Å². The van der Waals surface area contributed by atoms with Crippen molar-refractivity contribution in [1.29, 1.82) is 0 Å². The predicted molar refractivity (Wildman–Crippen MR) is 194 cm³/mol. The Labute approximate surface area is 278 Å². The minimum Gasteiger partial charge on any atom is -0.455 e. The Hall–Kier alpha value is -6.12. The van der Waals surface area contributed by atoms with Crippen molar-refractivity contribution < 1.29 is 15.4 Å². The van der Waals surface area contributed by atoms with Crippen LogP contribution in [0.25, 0.3) is 65.7 Å². The summed E-state index contributed by atoms with van der Waals surface area (Å²) in [6, 6.07) is 37.8. The molecule has 0 unspecified atom stereocenters. The molecule has 0 aliphatic rings. The highest BCUT2D eigenvalue weighted by atomic mass is 16.3. The van der Waals surface area contributed by atoms with Crippen molar-refractivity contribution in [3.8, 4) is 22.3 Å². The maximum atomic E-state index is 9.99. The lowest BCUT2D eigenvalue weighted by molar-refractivity contribution is 0.672. The standard InChI is InChI=1S/C44H29NO/c1-3-13-30(14-4-1)31-25-27-34(28-26-31)45(33-17-5-2-6-18-33)41-23-12-24-42-43(41)40-29-39(37-20-9-10-21-38(37)44(40)46-42)36-22-11-16-32-15-7-8-19-35(32)36/h1-29H/i9D,10D,12D,20D,21D,23D,24D,29D. The lowest BCUT2D eigenvalue weighted by Crippen LogP contribution is -2.10. The molecule has 8 aromatic carbocycles. The van der Waals surface area contributed by atoms with Gasteiger partial charge < -0.3 is 9.32 Å². The molecule has 2 nitrogen and oxygen atoms in total. The minimum absolute atomic E-state index is 0.00632. The van der Waals surface area contributed by atoms with Crippen molar-refractivity contribution >= 4 is 60.5 Å². The van der Waals surface area contributed by atoms with Gasteiger partial charge in [0.05, 0.1) is 22.0 Å². The number of anilines is 3. The number of hydrogen-bond donors (Lipinski definition) is 0. The number of benzene rings is 8. The van der Waals surface area contributed by atoms with E-state index in [1.54, 1.807) is 0 Å². The van der Waals surface area contributed by atoms with Crippen molar-refractivity contribution in [2.24, 2.45) is 0 Å². The maximum Gasteiger partial charge on any atom is 0.143 e. The first-order valence-corrected chi connectivity index (χ1v) is 15.0. The van der Waals surface area contributed by atoms with Gasteiger partial charge in [0.15, 0.2) is 0 Å². The van der Waals surface area contributed by atoms with Gasteiger partial charge in [-0.3, -0.25) is 0 Å². The molecule has 0 bridgehead atoms. The molecular formula is C44H29NO. The van der Waals surface area contributed by atoms with E-state index >= 15 is 0 Å². The topological polar surface area (TPSA) is 16.4 Å². The zero-order valence-corrected chi connectivity index (χ0v) is 24.5. The van der Waals surface area contributed by atoms with E-state index in [0.717, 1.165) is 21.9 Å². The van der Waals surface area contributed by atoms with Gasteiger partial charge in [-0.1, -0.05) is 133 Å². The molecule has 0 atom stereocenters. The molecular weight excluding hydrogens is 558 g/mol. The molecule has 0 aliphatic heterocycles. The summed E-state index contributed by atoms with van der Waals surface area (Å²) < 4.78 is 79.6. The van der Waals surface area contributed by atoms with Gasteiger partial charge in [-0.25, -0.2) is 0 Å². The third kappa shape index (κ3) is 4.27. The Morgan fingerprint density at radius 3 is 1.98 bits per heavy atom. The van der Waals surface area contributed by atoms with E-state index in [1.807, 2.05) is 132 Å².